The molecule has 1 heterocycles. The van der Waals surface area contributed by atoms with E-state index in [1.165, 1.54) is 6.33 Å². The standard InChI is InChI=1S/C11H10ClN3/c1-15(11-5-6-13-8-14-11)10-4-2-3-9(12)7-10/h2-8H,1H3. The van der Waals surface area contributed by atoms with Crippen molar-refractivity contribution in [3.05, 3.63) is 47.9 Å². The van der Waals surface area contributed by atoms with Gasteiger partial charge in [0.05, 0.1) is 0 Å². The van der Waals surface area contributed by atoms with Crippen LogP contribution < -0.4 is 4.90 Å². The highest BCUT2D eigenvalue weighted by molar-refractivity contribution is 6.30. The lowest BCUT2D eigenvalue weighted by Gasteiger charge is -2.17. The second-order valence-electron chi connectivity index (χ2n) is 3.11. The van der Waals surface area contributed by atoms with Gasteiger partial charge in [-0.3, -0.25) is 0 Å². The van der Waals surface area contributed by atoms with Crippen LogP contribution in [0.3, 0.4) is 0 Å². The van der Waals surface area contributed by atoms with Crippen molar-refractivity contribution in [2.75, 3.05) is 11.9 Å². The molecule has 0 atom stereocenters. The maximum atomic E-state index is 5.92. The first-order valence-corrected chi connectivity index (χ1v) is 4.90. The monoisotopic (exact) mass is 219 g/mol. The molecule has 0 amide bonds. The summed E-state index contributed by atoms with van der Waals surface area (Å²) < 4.78 is 0. The van der Waals surface area contributed by atoms with Crippen molar-refractivity contribution in [1.82, 2.24) is 9.97 Å². The summed E-state index contributed by atoms with van der Waals surface area (Å²) in [4.78, 5) is 9.98. The molecule has 2 rings (SSSR count). The van der Waals surface area contributed by atoms with Crippen molar-refractivity contribution in [2.24, 2.45) is 0 Å². The van der Waals surface area contributed by atoms with Crippen molar-refractivity contribution in [3.63, 3.8) is 0 Å². The summed E-state index contributed by atoms with van der Waals surface area (Å²) in [7, 11) is 1.94. The van der Waals surface area contributed by atoms with Crippen molar-refractivity contribution in [3.8, 4) is 0 Å². The number of hydrogen-bond donors (Lipinski definition) is 0. The first-order chi connectivity index (χ1) is 7.27. The molecule has 0 saturated carbocycles. The normalized spacial score (nSPS) is 10.0. The molecule has 1 aromatic heterocycles. The number of benzene rings is 1. The van der Waals surface area contributed by atoms with E-state index < -0.39 is 0 Å². The third-order valence-electron chi connectivity index (χ3n) is 2.11. The minimum absolute atomic E-state index is 0.716. The molecule has 0 aliphatic heterocycles. The van der Waals surface area contributed by atoms with Gasteiger partial charge in [0, 0.05) is 24.0 Å². The van der Waals surface area contributed by atoms with E-state index >= 15 is 0 Å². The van der Waals surface area contributed by atoms with Crippen molar-refractivity contribution >= 4 is 23.1 Å². The average molecular weight is 220 g/mol. The lowest BCUT2D eigenvalue weighted by molar-refractivity contribution is 1.08. The molecule has 0 aliphatic carbocycles. The molecule has 0 N–H and O–H groups in total. The van der Waals surface area contributed by atoms with E-state index in [2.05, 4.69) is 9.97 Å². The number of anilines is 2. The van der Waals surface area contributed by atoms with Gasteiger partial charge in [-0.1, -0.05) is 17.7 Å². The van der Waals surface area contributed by atoms with Crippen LogP contribution in [0.2, 0.25) is 5.02 Å². The minimum Gasteiger partial charge on any atom is -0.329 e. The van der Waals surface area contributed by atoms with Gasteiger partial charge in [-0.25, -0.2) is 9.97 Å². The molecule has 0 bridgehead atoms. The van der Waals surface area contributed by atoms with E-state index in [0.717, 1.165) is 11.5 Å². The predicted octanol–water partition coefficient (Wildman–Crippen LogP) is 2.90. The summed E-state index contributed by atoms with van der Waals surface area (Å²) in [6.07, 6.45) is 3.24. The highest BCUT2D eigenvalue weighted by atomic mass is 35.5. The highest BCUT2D eigenvalue weighted by Crippen LogP contribution is 2.23. The second-order valence-corrected chi connectivity index (χ2v) is 3.54. The number of halogens is 1. The van der Waals surface area contributed by atoms with Gasteiger partial charge in [-0.2, -0.15) is 0 Å². The lowest BCUT2D eigenvalue weighted by atomic mass is 10.3. The maximum absolute atomic E-state index is 5.92. The fourth-order valence-corrected chi connectivity index (χ4v) is 1.48. The predicted molar refractivity (Wildman–Crippen MR) is 61.5 cm³/mol. The summed E-state index contributed by atoms with van der Waals surface area (Å²) in [6, 6.07) is 9.48. The average Bonchev–Trinajstić information content (AvgIpc) is 2.29. The van der Waals surface area contributed by atoms with Crippen LogP contribution in [-0.2, 0) is 0 Å². The maximum Gasteiger partial charge on any atom is 0.136 e. The number of rotatable bonds is 2. The Hall–Kier alpha value is -1.61. The summed E-state index contributed by atoms with van der Waals surface area (Å²) >= 11 is 5.92. The van der Waals surface area contributed by atoms with Gasteiger partial charge in [0.2, 0.25) is 0 Å². The van der Waals surface area contributed by atoms with Gasteiger partial charge in [0.1, 0.15) is 12.1 Å². The zero-order valence-electron chi connectivity index (χ0n) is 8.26. The molecule has 76 valence electrons. The van der Waals surface area contributed by atoms with Gasteiger partial charge in [-0.15, -0.1) is 0 Å². The van der Waals surface area contributed by atoms with Crippen LogP contribution in [0.1, 0.15) is 0 Å². The highest BCUT2D eigenvalue weighted by Gasteiger charge is 2.04. The summed E-state index contributed by atoms with van der Waals surface area (Å²) in [6.45, 7) is 0. The fourth-order valence-electron chi connectivity index (χ4n) is 1.30. The number of nitrogens with zero attached hydrogens (tertiary/aromatic N) is 3. The Balaban J connectivity index is 2.32. The molecule has 4 heteroatoms. The second kappa shape index (κ2) is 4.28. The van der Waals surface area contributed by atoms with E-state index in [0.29, 0.717) is 5.02 Å². The molecule has 0 aliphatic rings. The first kappa shape index (κ1) is 9.93. The van der Waals surface area contributed by atoms with Crippen LogP contribution in [0.15, 0.2) is 42.9 Å². The Morgan fingerprint density at radius 2 is 2.13 bits per heavy atom. The van der Waals surface area contributed by atoms with Gasteiger partial charge >= 0.3 is 0 Å². The molecule has 0 unspecified atom stereocenters. The molecular formula is C11H10ClN3. The topological polar surface area (TPSA) is 29.0 Å². The van der Waals surface area contributed by atoms with Crippen LogP contribution in [0, 0.1) is 0 Å². The summed E-state index contributed by atoms with van der Waals surface area (Å²) in [5.41, 5.74) is 1.00. The quantitative estimate of drug-likeness (QED) is 0.778. The molecule has 1 aromatic carbocycles. The van der Waals surface area contributed by atoms with Crippen LogP contribution in [0.5, 0.6) is 0 Å². The summed E-state index contributed by atoms with van der Waals surface area (Å²) in [5, 5.41) is 0.716. The van der Waals surface area contributed by atoms with E-state index in [1.807, 2.05) is 42.3 Å². The Morgan fingerprint density at radius 3 is 2.80 bits per heavy atom. The largest absolute Gasteiger partial charge is 0.329 e. The van der Waals surface area contributed by atoms with Crippen LogP contribution in [0.25, 0.3) is 0 Å². The SMILES string of the molecule is CN(c1cccc(Cl)c1)c1ccncn1. The third-order valence-corrected chi connectivity index (χ3v) is 2.34. The molecule has 0 spiro atoms. The summed E-state index contributed by atoms with van der Waals surface area (Å²) in [5.74, 6) is 0.840. The molecule has 0 fully saturated rings. The van der Waals surface area contributed by atoms with E-state index in [1.54, 1.807) is 6.20 Å². The number of aromatic nitrogens is 2. The van der Waals surface area contributed by atoms with Gasteiger partial charge in [0.25, 0.3) is 0 Å². The Labute approximate surface area is 93.4 Å². The molecule has 0 radical (unpaired) electrons. The van der Waals surface area contributed by atoms with Gasteiger partial charge in [-0.05, 0) is 24.3 Å². The van der Waals surface area contributed by atoms with Crippen LogP contribution in [-0.4, -0.2) is 17.0 Å². The zero-order chi connectivity index (χ0) is 10.7. The number of hydrogen-bond acceptors (Lipinski definition) is 3. The molecule has 15 heavy (non-hydrogen) atoms. The molecule has 2 aromatic rings. The third kappa shape index (κ3) is 2.25. The molecular weight excluding hydrogens is 210 g/mol. The van der Waals surface area contributed by atoms with Crippen LogP contribution in [0.4, 0.5) is 11.5 Å². The Bertz CT molecular complexity index is 445. The van der Waals surface area contributed by atoms with Gasteiger partial charge < -0.3 is 4.90 Å². The molecule has 0 saturated heterocycles. The smallest absolute Gasteiger partial charge is 0.136 e. The Morgan fingerprint density at radius 1 is 1.27 bits per heavy atom. The zero-order valence-corrected chi connectivity index (χ0v) is 9.02. The lowest BCUT2D eigenvalue weighted by Crippen LogP contribution is -2.10. The van der Waals surface area contributed by atoms with Gasteiger partial charge in [0.15, 0.2) is 0 Å². The fraction of sp³-hybridized carbons (Fsp3) is 0.0909. The van der Waals surface area contributed by atoms with Crippen LogP contribution >= 0.6 is 11.6 Å². The van der Waals surface area contributed by atoms with Crippen molar-refractivity contribution in [1.29, 1.82) is 0 Å². The van der Waals surface area contributed by atoms with E-state index in [4.69, 9.17) is 11.6 Å². The van der Waals surface area contributed by atoms with Crippen molar-refractivity contribution in [2.45, 2.75) is 0 Å². The first-order valence-electron chi connectivity index (χ1n) is 4.52. The molecule has 3 nitrogen and oxygen atoms in total. The van der Waals surface area contributed by atoms with E-state index in [-0.39, 0.29) is 0 Å². The van der Waals surface area contributed by atoms with E-state index in [9.17, 15) is 0 Å². The Kier molecular flexibility index (Phi) is 2.83. The minimum atomic E-state index is 0.716. The van der Waals surface area contributed by atoms with Crippen molar-refractivity contribution < 1.29 is 0 Å².